The number of rotatable bonds is 2. The summed E-state index contributed by atoms with van der Waals surface area (Å²) in [5.41, 5.74) is 7.62. The third-order valence-corrected chi connectivity index (χ3v) is 2.63. The molecule has 66 valence electrons. The number of nitrogen functional groups attached to an aromatic ring is 1. The van der Waals surface area contributed by atoms with Gasteiger partial charge in [0.15, 0.2) is 0 Å². The molecule has 0 aliphatic rings. The Morgan fingerprint density at radius 3 is 2.58 bits per heavy atom. The predicted molar refractivity (Wildman–Crippen MR) is 53.9 cm³/mol. The Kier molecular flexibility index (Phi) is 2.87. The standard InChI is InChI=1S/C9H13NOS/c1-6-4-7(10)8(11-2)5-9(6)12-3/h4-5H,10H2,1-3H3. The highest BCUT2D eigenvalue weighted by atomic mass is 32.2. The largest absolute Gasteiger partial charge is 0.495 e. The topological polar surface area (TPSA) is 35.2 Å². The molecule has 0 radical (unpaired) electrons. The monoisotopic (exact) mass is 183 g/mol. The molecule has 0 aliphatic carbocycles. The third-order valence-electron chi connectivity index (χ3n) is 1.75. The van der Waals surface area contributed by atoms with Crippen molar-refractivity contribution < 1.29 is 4.74 Å². The molecule has 0 heterocycles. The Labute approximate surface area is 77.1 Å². The van der Waals surface area contributed by atoms with E-state index in [4.69, 9.17) is 10.5 Å². The number of methoxy groups -OCH3 is 1. The van der Waals surface area contributed by atoms with E-state index in [9.17, 15) is 0 Å². The second-order valence-electron chi connectivity index (χ2n) is 2.56. The highest BCUT2D eigenvalue weighted by Gasteiger charge is 2.03. The van der Waals surface area contributed by atoms with Crippen LogP contribution in [0.3, 0.4) is 0 Å². The number of aryl methyl sites for hydroxylation is 1. The van der Waals surface area contributed by atoms with Crippen molar-refractivity contribution in [3.8, 4) is 5.75 Å². The number of hydrogen-bond acceptors (Lipinski definition) is 3. The van der Waals surface area contributed by atoms with Crippen LogP contribution < -0.4 is 10.5 Å². The first-order chi connectivity index (χ1) is 5.69. The summed E-state index contributed by atoms with van der Waals surface area (Å²) in [6, 6.07) is 3.90. The molecule has 2 nitrogen and oxygen atoms in total. The van der Waals surface area contributed by atoms with Crippen LogP contribution in [-0.4, -0.2) is 13.4 Å². The van der Waals surface area contributed by atoms with Gasteiger partial charge < -0.3 is 10.5 Å². The van der Waals surface area contributed by atoms with Crippen LogP contribution in [0.1, 0.15) is 5.56 Å². The van der Waals surface area contributed by atoms with Crippen molar-refractivity contribution in [3.63, 3.8) is 0 Å². The van der Waals surface area contributed by atoms with E-state index in [1.807, 2.05) is 25.3 Å². The van der Waals surface area contributed by atoms with Crippen molar-refractivity contribution in [1.82, 2.24) is 0 Å². The van der Waals surface area contributed by atoms with Crippen LogP contribution >= 0.6 is 11.8 Å². The molecule has 0 unspecified atom stereocenters. The maximum atomic E-state index is 5.72. The van der Waals surface area contributed by atoms with Crippen LogP contribution in [0.25, 0.3) is 0 Å². The maximum Gasteiger partial charge on any atom is 0.142 e. The zero-order chi connectivity index (χ0) is 9.14. The number of benzene rings is 1. The van der Waals surface area contributed by atoms with Crippen molar-refractivity contribution in [1.29, 1.82) is 0 Å². The molecule has 1 rings (SSSR count). The van der Waals surface area contributed by atoms with Crippen LogP contribution in [0.2, 0.25) is 0 Å². The summed E-state index contributed by atoms with van der Waals surface area (Å²) in [4.78, 5) is 1.21. The van der Waals surface area contributed by atoms with Crippen LogP contribution in [0.4, 0.5) is 5.69 Å². The average Bonchev–Trinajstić information content (AvgIpc) is 2.05. The minimum atomic E-state index is 0.702. The fourth-order valence-corrected chi connectivity index (χ4v) is 1.69. The average molecular weight is 183 g/mol. The summed E-state index contributed by atoms with van der Waals surface area (Å²) in [6.45, 7) is 2.04. The molecule has 0 spiro atoms. The Hall–Kier alpha value is -0.830. The minimum absolute atomic E-state index is 0.702. The normalized spacial score (nSPS) is 9.92. The molecule has 0 fully saturated rings. The van der Waals surface area contributed by atoms with E-state index in [0.29, 0.717) is 5.69 Å². The molecule has 0 atom stereocenters. The maximum absolute atomic E-state index is 5.72. The van der Waals surface area contributed by atoms with E-state index in [0.717, 1.165) is 5.75 Å². The zero-order valence-corrected chi connectivity index (χ0v) is 8.37. The van der Waals surface area contributed by atoms with Gasteiger partial charge in [-0.15, -0.1) is 11.8 Å². The molecule has 3 heteroatoms. The first-order valence-corrected chi connectivity index (χ1v) is 4.89. The summed E-state index contributed by atoms with van der Waals surface area (Å²) >= 11 is 1.70. The van der Waals surface area contributed by atoms with Gasteiger partial charge in [-0.1, -0.05) is 0 Å². The van der Waals surface area contributed by atoms with Gasteiger partial charge in [0.1, 0.15) is 5.75 Å². The van der Waals surface area contributed by atoms with E-state index < -0.39 is 0 Å². The van der Waals surface area contributed by atoms with Gasteiger partial charge in [0.05, 0.1) is 12.8 Å². The molecule has 1 aromatic rings. The second kappa shape index (κ2) is 3.72. The fraction of sp³-hybridized carbons (Fsp3) is 0.333. The Morgan fingerprint density at radius 2 is 2.08 bits per heavy atom. The summed E-state index contributed by atoms with van der Waals surface area (Å²) in [6.07, 6.45) is 2.04. The number of anilines is 1. The first-order valence-electron chi connectivity index (χ1n) is 3.67. The van der Waals surface area contributed by atoms with E-state index in [2.05, 4.69) is 0 Å². The lowest BCUT2D eigenvalue weighted by Crippen LogP contribution is -1.93. The minimum Gasteiger partial charge on any atom is -0.495 e. The molecular weight excluding hydrogens is 170 g/mol. The quantitative estimate of drug-likeness (QED) is 0.564. The van der Waals surface area contributed by atoms with Gasteiger partial charge in [-0.05, 0) is 30.9 Å². The summed E-state index contributed by atoms with van der Waals surface area (Å²) in [7, 11) is 1.63. The predicted octanol–water partition coefficient (Wildman–Crippen LogP) is 2.31. The van der Waals surface area contributed by atoms with Gasteiger partial charge in [-0.2, -0.15) is 0 Å². The van der Waals surface area contributed by atoms with Crippen molar-refractivity contribution in [2.24, 2.45) is 0 Å². The van der Waals surface area contributed by atoms with Crippen LogP contribution in [0.15, 0.2) is 17.0 Å². The number of thioether (sulfide) groups is 1. The zero-order valence-electron chi connectivity index (χ0n) is 7.55. The van der Waals surface area contributed by atoms with Gasteiger partial charge in [-0.25, -0.2) is 0 Å². The lowest BCUT2D eigenvalue weighted by atomic mass is 10.2. The lowest BCUT2D eigenvalue weighted by molar-refractivity contribution is 0.416. The van der Waals surface area contributed by atoms with Crippen LogP contribution in [0.5, 0.6) is 5.75 Å². The fourth-order valence-electron chi connectivity index (χ4n) is 1.09. The molecule has 0 saturated carbocycles. The highest BCUT2D eigenvalue weighted by molar-refractivity contribution is 7.98. The van der Waals surface area contributed by atoms with Crippen molar-refractivity contribution in [2.45, 2.75) is 11.8 Å². The highest BCUT2D eigenvalue weighted by Crippen LogP contribution is 2.30. The molecule has 0 saturated heterocycles. The molecule has 0 aliphatic heterocycles. The summed E-state index contributed by atoms with van der Waals surface area (Å²) in [5.74, 6) is 0.755. The van der Waals surface area contributed by atoms with Crippen molar-refractivity contribution >= 4 is 17.4 Å². The van der Waals surface area contributed by atoms with Gasteiger partial charge in [-0.3, -0.25) is 0 Å². The van der Waals surface area contributed by atoms with E-state index in [-0.39, 0.29) is 0 Å². The van der Waals surface area contributed by atoms with Gasteiger partial charge in [0, 0.05) is 4.90 Å². The van der Waals surface area contributed by atoms with E-state index >= 15 is 0 Å². The number of hydrogen-bond donors (Lipinski definition) is 1. The molecular formula is C9H13NOS. The molecule has 12 heavy (non-hydrogen) atoms. The summed E-state index contributed by atoms with van der Waals surface area (Å²) in [5, 5.41) is 0. The Bertz CT molecular complexity index is 261. The molecule has 0 bridgehead atoms. The van der Waals surface area contributed by atoms with Crippen molar-refractivity contribution in [2.75, 3.05) is 19.1 Å². The first kappa shape index (κ1) is 9.26. The molecule has 0 amide bonds. The molecule has 2 N–H and O–H groups in total. The third kappa shape index (κ3) is 1.67. The Balaban J connectivity index is 3.18. The number of ether oxygens (including phenoxy) is 1. The van der Waals surface area contributed by atoms with Crippen molar-refractivity contribution in [3.05, 3.63) is 17.7 Å². The SMILES string of the molecule is COc1cc(SC)c(C)cc1N. The van der Waals surface area contributed by atoms with E-state index in [1.54, 1.807) is 18.9 Å². The lowest BCUT2D eigenvalue weighted by Gasteiger charge is -2.08. The summed E-state index contributed by atoms with van der Waals surface area (Å²) < 4.78 is 5.10. The second-order valence-corrected chi connectivity index (χ2v) is 3.41. The van der Waals surface area contributed by atoms with Gasteiger partial charge >= 0.3 is 0 Å². The van der Waals surface area contributed by atoms with Crippen LogP contribution in [-0.2, 0) is 0 Å². The molecule has 0 aromatic heterocycles. The van der Waals surface area contributed by atoms with Gasteiger partial charge in [0.2, 0.25) is 0 Å². The molecule has 1 aromatic carbocycles. The smallest absolute Gasteiger partial charge is 0.142 e. The van der Waals surface area contributed by atoms with E-state index in [1.165, 1.54) is 10.5 Å². The Morgan fingerprint density at radius 1 is 1.42 bits per heavy atom. The van der Waals surface area contributed by atoms with Crippen LogP contribution in [0, 0.1) is 6.92 Å². The number of nitrogens with two attached hydrogens (primary N) is 1. The van der Waals surface area contributed by atoms with Gasteiger partial charge in [0.25, 0.3) is 0 Å².